The van der Waals surface area contributed by atoms with E-state index in [1.54, 1.807) is 12.4 Å². The Morgan fingerprint density at radius 3 is 2.64 bits per heavy atom. The molecule has 1 aromatic rings. The Balaban J connectivity index is 1.71. The summed E-state index contributed by atoms with van der Waals surface area (Å²) in [5.41, 5.74) is 0.678. The summed E-state index contributed by atoms with van der Waals surface area (Å²) in [5.74, 6) is 0.109. The van der Waals surface area contributed by atoms with Gasteiger partial charge in [-0.05, 0) is 61.5 Å². The topological polar surface area (TPSA) is 36.4 Å². The number of nitrogens with zero attached hydrogens (tertiary/aromatic N) is 3. The predicted octanol–water partition coefficient (Wildman–Crippen LogP) is 3.32. The number of halogens is 1. The van der Waals surface area contributed by atoms with Crippen LogP contribution in [0.3, 0.4) is 0 Å². The first kappa shape index (κ1) is 15.9. The summed E-state index contributed by atoms with van der Waals surface area (Å²) in [6.45, 7) is 6.35. The number of carbonyl (C=O) groups excluding carboxylic acids is 1. The molecule has 0 aliphatic carbocycles. The SMILES string of the molecule is C[C@@H]1CC[C@@H](C)N1[C@H]1CCCN(C(=O)c2cncc(Br)c2)C1. The fourth-order valence-corrected chi connectivity index (χ4v) is 4.39. The average molecular weight is 366 g/mol. The maximum atomic E-state index is 12.7. The molecule has 2 aliphatic rings. The normalized spacial score (nSPS) is 29.8. The highest BCUT2D eigenvalue weighted by Gasteiger charge is 2.36. The molecule has 0 N–H and O–H groups in total. The maximum absolute atomic E-state index is 12.7. The molecule has 22 heavy (non-hydrogen) atoms. The van der Waals surface area contributed by atoms with Gasteiger partial charge in [0.25, 0.3) is 5.91 Å². The lowest BCUT2D eigenvalue weighted by Gasteiger charge is -2.41. The van der Waals surface area contributed by atoms with Gasteiger partial charge >= 0.3 is 0 Å². The summed E-state index contributed by atoms with van der Waals surface area (Å²) in [4.78, 5) is 21.5. The number of rotatable bonds is 2. The van der Waals surface area contributed by atoms with Crippen LogP contribution in [0.15, 0.2) is 22.9 Å². The van der Waals surface area contributed by atoms with E-state index in [4.69, 9.17) is 0 Å². The molecule has 2 aliphatic heterocycles. The summed E-state index contributed by atoms with van der Waals surface area (Å²) in [7, 11) is 0. The molecule has 2 fully saturated rings. The Morgan fingerprint density at radius 2 is 1.95 bits per heavy atom. The number of carbonyl (C=O) groups is 1. The summed E-state index contributed by atoms with van der Waals surface area (Å²) in [6, 6.07) is 3.65. The first-order valence-electron chi connectivity index (χ1n) is 8.23. The molecule has 2 saturated heterocycles. The highest BCUT2D eigenvalue weighted by atomic mass is 79.9. The fourth-order valence-electron chi connectivity index (χ4n) is 4.03. The highest BCUT2D eigenvalue weighted by Crippen LogP contribution is 2.30. The van der Waals surface area contributed by atoms with Gasteiger partial charge in [-0.1, -0.05) is 0 Å². The van der Waals surface area contributed by atoms with E-state index in [1.807, 2.05) is 11.0 Å². The molecule has 0 unspecified atom stereocenters. The van der Waals surface area contributed by atoms with Crippen LogP contribution >= 0.6 is 15.9 Å². The van der Waals surface area contributed by atoms with E-state index >= 15 is 0 Å². The van der Waals surface area contributed by atoms with Gasteiger partial charge in [-0.3, -0.25) is 14.7 Å². The zero-order valence-electron chi connectivity index (χ0n) is 13.3. The Morgan fingerprint density at radius 1 is 1.23 bits per heavy atom. The fraction of sp³-hybridized carbons (Fsp3) is 0.647. The molecular weight excluding hydrogens is 342 g/mol. The second-order valence-electron chi connectivity index (χ2n) is 6.66. The standard InChI is InChI=1S/C17H24BrN3O/c1-12-5-6-13(2)21(12)16-4-3-7-20(11-16)17(22)14-8-15(18)10-19-9-14/h8-10,12-13,16H,3-7,11H2,1-2H3/t12-,13-,16+/m1/s1. The maximum Gasteiger partial charge on any atom is 0.255 e. The summed E-state index contributed by atoms with van der Waals surface area (Å²) < 4.78 is 0.855. The smallest absolute Gasteiger partial charge is 0.255 e. The number of pyridine rings is 1. The van der Waals surface area contributed by atoms with Crippen LogP contribution in [0.5, 0.6) is 0 Å². The lowest BCUT2D eigenvalue weighted by atomic mass is 10.0. The second-order valence-corrected chi connectivity index (χ2v) is 7.58. The molecule has 1 amide bonds. The third-order valence-electron chi connectivity index (χ3n) is 5.08. The summed E-state index contributed by atoms with van der Waals surface area (Å²) in [6.07, 6.45) is 8.23. The van der Waals surface area contributed by atoms with Crippen LogP contribution in [-0.4, -0.2) is 51.9 Å². The number of amides is 1. The zero-order valence-corrected chi connectivity index (χ0v) is 14.9. The molecule has 0 aromatic carbocycles. The molecule has 0 radical (unpaired) electrons. The Bertz CT molecular complexity index is 540. The first-order chi connectivity index (χ1) is 10.6. The third kappa shape index (κ3) is 3.20. The van der Waals surface area contributed by atoms with Gasteiger partial charge in [0.2, 0.25) is 0 Å². The van der Waals surface area contributed by atoms with Crippen LogP contribution in [0.25, 0.3) is 0 Å². The van der Waals surface area contributed by atoms with Gasteiger partial charge in [0, 0.05) is 48.1 Å². The van der Waals surface area contributed by atoms with Crippen molar-refractivity contribution in [3.8, 4) is 0 Å². The second kappa shape index (κ2) is 6.67. The molecule has 120 valence electrons. The van der Waals surface area contributed by atoms with Crippen molar-refractivity contribution < 1.29 is 4.79 Å². The first-order valence-corrected chi connectivity index (χ1v) is 9.03. The zero-order chi connectivity index (χ0) is 15.7. The minimum absolute atomic E-state index is 0.109. The van der Waals surface area contributed by atoms with Crippen LogP contribution in [-0.2, 0) is 0 Å². The lowest BCUT2D eigenvalue weighted by Crippen LogP contribution is -2.52. The molecular formula is C17H24BrN3O. The van der Waals surface area contributed by atoms with Gasteiger partial charge in [-0.2, -0.15) is 0 Å². The third-order valence-corrected chi connectivity index (χ3v) is 5.51. The largest absolute Gasteiger partial charge is 0.337 e. The van der Waals surface area contributed by atoms with Gasteiger partial charge in [0.15, 0.2) is 0 Å². The average Bonchev–Trinajstić information content (AvgIpc) is 2.85. The van der Waals surface area contributed by atoms with Crippen LogP contribution in [0.4, 0.5) is 0 Å². The van der Waals surface area contributed by atoms with E-state index in [-0.39, 0.29) is 5.91 Å². The van der Waals surface area contributed by atoms with E-state index in [0.717, 1.165) is 24.0 Å². The van der Waals surface area contributed by atoms with Gasteiger partial charge in [-0.25, -0.2) is 0 Å². The number of hydrogen-bond donors (Lipinski definition) is 0. The molecule has 0 spiro atoms. The molecule has 0 bridgehead atoms. The van der Waals surface area contributed by atoms with Crippen LogP contribution in [0.2, 0.25) is 0 Å². The van der Waals surface area contributed by atoms with Crippen molar-refractivity contribution in [2.45, 2.75) is 57.7 Å². The van der Waals surface area contributed by atoms with Crippen molar-refractivity contribution in [3.63, 3.8) is 0 Å². The van der Waals surface area contributed by atoms with Crippen molar-refractivity contribution in [1.82, 2.24) is 14.8 Å². The molecule has 0 saturated carbocycles. The van der Waals surface area contributed by atoms with Gasteiger partial charge in [0.1, 0.15) is 0 Å². The van der Waals surface area contributed by atoms with Crippen molar-refractivity contribution in [2.75, 3.05) is 13.1 Å². The lowest BCUT2D eigenvalue weighted by molar-refractivity contribution is 0.0486. The number of aromatic nitrogens is 1. The van der Waals surface area contributed by atoms with E-state index in [0.29, 0.717) is 23.7 Å². The number of piperidine rings is 1. The van der Waals surface area contributed by atoms with E-state index in [9.17, 15) is 4.79 Å². The van der Waals surface area contributed by atoms with E-state index in [1.165, 1.54) is 19.3 Å². The van der Waals surface area contributed by atoms with Crippen molar-refractivity contribution >= 4 is 21.8 Å². The summed E-state index contributed by atoms with van der Waals surface area (Å²) in [5, 5.41) is 0. The van der Waals surface area contributed by atoms with Crippen molar-refractivity contribution in [2.24, 2.45) is 0 Å². The monoisotopic (exact) mass is 365 g/mol. The Hall–Kier alpha value is -0.940. The molecule has 3 atom stereocenters. The highest BCUT2D eigenvalue weighted by molar-refractivity contribution is 9.10. The van der Waals surface area contributed by atoms with E-state index in [2.05, 4.69) is 39.7 Å². The van der Waals surface area contributed by atoms with E-state index < -0.39 is 0 Å². The molecule has 4 nitrogen and oxygen atoms in total. The molecule has 5 heteroatoms. The van der Waals surface area contributed by atoms with Gasteiger partial charge < -0.3 is 4.90 Å². The molecule has 1 aromatic heterocycles. The number of hydrogen-bond acceptors (Lipinski definition) is 3. The van der Waals surface area contributed by atoms with Crippen molar-refractivity contribution in [1.29, 1.82) is 0 Å². The molecule has 3 rings (SSSR count). The van der Waals surface area contributed by atoms with Crippen molar-refractivity contribution in [3.05, 3.63) is 28.5 Å². The minimum Gasteiger partial charge on any atom is -0.337 e. The number of likely N-dealkylation sites (tertiary alicyclic amines) is 2. The van der Waals surface area contributed by atoms with Gasteiger partial charge in [-0.15, -0.1) is 0 Å². The Kier molecular flexibility index (Phi) is 4.83. The van der Waals surface area contributed by atoms with Gasteiger partial charge in [0.05, 0.1) is 5.56 Å². The predicted molar refractivity (Wildman–Crippen MR) is 90.9 cm³/mol. The molecule has 3 heterocycles. The van der Waals surface area contributed by atoms with Crippen LogP contribution in [0.1, 0.15) is 49.9 Å². The summed E-state index contributed by atoms with van der Waals surface area (Å²) >= 11 is 3.39. The minimum atomic E-state index is 0.109. The quantitative estimate of drug-likeness (QED) is 0.806. The van der Waals surface area contributed by atoms with Crippen LogP contribution < -0.4 is 0 Å². The Labute approximate surface area is 141 Å². The van der Waals surface area contributed by atoms with Crippen LogP contribution in [0, 0.1) is 0 Å².